The molecule has 23 heavy (non-hydrogen) atoms. The summed E-state index contributed by atoms with van der Waals surface area (Å²) in [6, 6.07) is 15.6. The SMILES string of the molecule is C=C(C)C(=O)Cc1ccc2c(ccc3cc(OC=O)ccc32)c1. The Bertz CT molecular complexity index is 938. The van der Waals surface area contributed by atoms with Gasteiger partial charge in [0.2, 0.25) is 0 Å². The molecule has 0 spiro atoms. The maximum absolute atomic E-state index is 11.8. The van der Waals surface area contributed by atoms with E-state index in [4.69, 9.17) is 4.74 Å². The van der Waals surface area contributed by atoms with Gasteiger partial charge in [-0.25, -0.2) is 0 Å². The number of allylic oxidation sites excluding steroid dienone is 1. The summed E-state index contributed by atoms with van der Waals surface area (Å²) < 4.78 is 4.88. The molecule has 0 fully saturated rings. The van der Waals surface area contributed by atoms with Crippen LogP contribution in [0.4, 0.5) is 0 Å². The summed E-state index contributed by atoms with van der Waals surface area (Å²) in [6.45, 7) is 5.85. The highest BCUT2D eigenvalue weighted by Crippen LogP contribution is 2.29. The number of hydrogen-bond acceptors (Lipinski definition) is 3. The predicted molar refractivity (Wildman–Crippen MR) is 91.7 cm³/mol. The first kappa shape index (κ1) is 15.0. The molecule has 0 aromatic heterocycles. The number of ketones is 1. The zero-order valence-corrected chi connectivity index (χ0v) is 12.8. The van der Waals surface area contributed by atoms with Gasteiger partial charge >= 0.3 is 0 Å². The first-order valence-electron chi connectivity index (χ1n) is 7.33. The van der Waals surface area contributed by atoms with Crippen molar-refractivity contribution in [2.75, 3.05) is 0 Å². The van der Waals surface area contributed by atoms with Crippen LogP contribution in [0.25, 0.3) is 21.5 Å². The molecule has 0 heterocycles. The van der Waals surface area contributed by atoms with Crippen molar-refractivity contribution in [1.82, 2.24) is 0 Å². The summed E-state index contributed by atoms with van der Waals surface area (Å²) >= 11 is 0. The van der Waals surface area contributed by atoms with E-state index < -0.39 is 0 Å². The first-order chi connectivity index (χ1) is 11.1. The third-order valence-electron chi connectivity index (χ3n) is 3.90. The van der Waals surface area contributed by atoms with Crippen LogP contribution in [0.2, 0.25) is 0 Å². The summed E-state index contributed by atoms with van der Waals surface area (Å²) in [5, 5.41) is 4.27. The molecule has 0 aliphatic rings. The average molecular weight is 304 g/mol. The van der Waals surface area contributed by atoms with Gasteiger partial charge in [-0.05, 0) is 51.7 Å². The van der Waals surface area contributed by atoms with Gasteiger partial charge in [0.15, 0.2) is 5.78 Å². The van der Waals surface area contributed by atoms with Crippen LogP contribution in [-0.4, -0.2) is 12.3 Å². The fourth-order valence-electron chi connectivity index (χ4n) is 2.67. The second-order valence-corrected chi connectivity index (χ2v) is 5.60. The highest BCUT2D eigenvalue weighted by atomic mass is 16.5. The second-order valence-electron chi connectivity index (χ2n) is 5.60. The van der Waals surface area contributed by atoms with Crippen LogP contribution in [0.5, 0.6) is 5.75 Å². The number of carbonyl (C=O) groups is 2. The van der Waals surface area contributed by atoms with E-state index >= 15 is 0 Å². The van der Waals surface area contributed by atoms with E-state index in [2.05, 4.69) is 6.58 Å². The lowest BCUT2D eigenvalue weighted by Crippen LogP contribution is -2.02. The largest absolute Gasteiger partial charge is 0.429 e. The Morgan fingerprint density at radius 3 is 2.35 bits per heavy atom. The van der Waals surface area contributed by atoms with Gasteiger partial charge in [-0.3, -0.25) is 9.59 Å². The van der Waals surface area contributed by atoms with Crippen molar-refractivity contribution in [1.29, 1.82) is 0 Å². The molecule has 3 nitrogen and oxygen atoms in total. The molecule has 3 aromatic rings. The third kappa shape index (κ3) is 2.99. The molecule has 0 aliphatic heterocycles. The van der Waals surface area contributed by atoms with Crippen LogP contribution < -0.4 is 4.74 Å². The molecule has 0 N–H and O–H groups in total. The van der Waals surface area contributed by atoms with Crippen LogP contribution in [0.15, 0.2) is 60.7 Å². The molecular weight excluding hydrogens is 288 g/mol. The summed E-state index contributed by atoms with van der Waals surface area (Å²) in [5.74, 6) is 0.580. The molecule has 3 rings (SSSR count). The zero-order chi connectivity index (χ0) is 16.4. The van der Waals surface area contributed by atoms with E-state index in [0.29, 0.717) is 24.2 Å². The Kier molecular flexibility index (Phi) is 3.94. The quantitative estimate of drug-likeness (QED) is 0.403. The van der Waals surface area contributed by atoms with Crippen LogP contribution >= 0.6 is 0 Å². The number of ether oxygens (including phenoxy) is 1. The zero-order valence-electron chi connectivity index (χ0n) is 12.8. The van der Waals surface area contributed by atoms with Crippen LogP contribution in [0.1, 0.15) is 12.5 Å². The predicted octanol–water partition coefficient (Wildman–Crippen LogP) is 4.22. The molecule has 0 bridgehead atoms. The highest BCUT2D eigenvalue weighted by Gasteiger charge is 2.07. The van der Waals surface area contributed by atoms with Crippen molar-refractivity contribution >= 4 is 33.8 Å². The van der Waals surface area contributed by atoms with Gasteiger partial charge in [-0.15, -0.1) is 0 Å². The maximum atomic E-state index is 11.8. The Labute approximate surface area is 134 Å². The number of benzene rings is 3. The number of rotatable bonds is 5. The fourth-order valence-corrected chi connectivity index (χ4v) is 2.67. The van der Waals surface area contributed by atoms with E-state index in [1.54, 1.807) is 13.0 Å². The Hall–Kier alpha value is -2.94. The Morgan fingerprint density at radius 2 is 1.70 bits per heavy atom. The summed E-state index contributed by atoms with van der Waals surface area (Å²) in [7, 11) is 0. The second kappa shape index (κ2) is 6.05. The molecule has 0 amide bonds. The molecule has 0 radical (unpaired) electrons. The van der Waals surface area contributed by atoms with Crippen molar-refractivity contribution in [3.05, 3.63) is 66.2 Å². The molecule has 0 saturated carbocycles. The molecular formula is C20H16O3. The molecule has 0 saturated heterocycles. The van der Waals surface area contributed by atoms with Crippen molar-refractivity contribution in [3.8, 4) is 5.75 Å². The molecule has 114 valence electrons. The fraction of sp³-hybridized carbons (Fsp3) is 0.100. The van der Waals surface area contributed by atoms with Gasteiger partial charge in [0.05, 0.1) is 0 Å². The smallest absolute Gasteiger partial charge is 0.298 e. The lowest BCUT2D eigenvalue weighted by molar-refractivity contribution is -0.120. The highest BCUT2D eigenvalue weighted by molar-refractivity contribution is 6.08. The number of fused-ring (bicyclic) bond motifs is 3. The van der Waals surface area contributed by atoms with E-state index in [-0.39, 0.29) is 5.78 Å². The standard InChI is InChI=1S/C20H16O3/c1-13(2)20(22)10-14-3-7-18-15(9-14)4-5-16-11-17(23-12-21)6-8-19(16)18/h3-9,11-12H,1,10H2,2H3. The summed E-state index contributed by atoms with van der Waals surface area (Å²) in [4.78, 5) is 22.3. The minimum atomic E-state index is 0.0563. The molecule has 0 unspecified atom stereocenters. The molecule has 3 aromatic carbocycles. The van der Waals surface area contributed by atoms with Crippen LogP contribution in [0.3, 0.4) is 0 Å². The minimum absolute atomic E-state index is 0.0563. The van der Waals surface area contributed by atoms with Crippen molar-refractivity contribution in [2.45, 2.75) is 13.3 Å². The van der Waals surface area contributed by atoms with Crippen molar-refractivity contribution in [3.63, 3.8) is 0 Å². The maximum Gasteiger partial charge on any atom is 0.298 e. The van der Waals surface area contributed by atoms with Gasteiger partial charge in [0, 0.05) is 6.42 Å². The Morgan fingerprint density at radius 1 is 1.04 bits per heavy atom. The topological polar surface area (TPSA) is 43.4 Å². The molecule has 0 aliphatic carbocycles. The first-order valence-corrected chi connectivity index (χ1v) is 7.33. The lowest BCUT2D eigenvalue weighted by Gasteiger charge is -2.08. The van der Waals surface area contributed by atoms with Gasteiger partial charge in [-0.1, -0.05) is 43.0 Å². The van der Waals surface area contributed by atoms with Gasteiger partial charge in [0.1, 0.15) is 5.75 Å². The molecule has 3 heteroatoms. The lowest BCUT2D eigenvalue weighted by atomic mass is 9.97. The van der Waals surface area contributed by atoms with E-state index in [0.717, 1.165) is 27.1 Å². The van der Waals surface area contributed by atoms with Crippen molar-refractivity contribution < 1.29 is 14.3 Å². The number of Topliss-reactive ketones (excluding diaryl/α,β-unsaturated/α-hetero) is 1. The number of carbonyl (C=O) groups excluding carboxylic acids is 2. The van der Waals surface area contributed by atoms with E-state index in [1.165, 1.54) is 0 Å². The van der Waals surface area contributed by atoms with Gasteiger partial charge in [-0.2, -0.15) is 0 Å². The van der Waals surface area contributed by atoms with Crippen LogP contribution in [-0.2, 0) is 16.0 Å². The normalized spacial score (nSPS) is 10.7. The molecule has 0 atom stereocenters. The van der Waals surface area contributed by atoms with E-state index in [1.807, 2.05) is 42.5 Å². The van der Waals surface area contributed by atoms with Crippen molar-refractivity contribution in [2.24, 2.45) is 0 Å². The van der Waals surface area contributed by atoms with Gasteiger partial charge < -0.3 is 4.74 Å². The van der Waals surface area contributed by atoms with Crippen LogP contribution in [0, 0.1) is 0 Å². The number of hydrogen-bond donors (Lipinski definition) is 0. The Balaban J connectivity index is 2.06. The third-order valence-corrected chi connectivity index (χ3v) is 3.90. The van der Waals surface area contributed by atoms with Gasteiger partial charge in [0.25, 0.3) is 6.47 Å². The summed E-state index contributed by atoms with van der Waals surface area (Å²) in [5.41, 5.74) is 1.55. The monoisotopic (exact) mass is 304 g/mol. The van der Waals surface area contributed by atoms with E-state index in [9.17, 15) is 9.59 Å². The average Bonchev–Trinajstić information content (AvgIpc) is 2.54. The summed E-state index contributed by atoms with van der Waals surface area (Å²) in [6.07, 6.45) is 0.370. The minimum Gasteiger partial charge on any atom is -0.429 e.